The van der Waals surface area contributed by atoms with Gasteiger partial charge >= 0.3 is 12.1 Å². The minimum absolute atomic E-state index is 0.135. The van der Waals surface area contributed by atoms with E-state index in [9.17, 15) is 9.59 Å². The lowest BCUT2D eigenvalue weighted by molar-refractivity contribution is -0.146. The molecule has 1 amide bonds. The quantitative estimate of drug-likeness (QED) is 0.537. The SMILES string of the molecule is CCOC(=O)CC1CCN(C(=O)OC(C)(C)C)[C@](c2c(C)cccc2C)(C(C)(C)C)C1. The van der Waals surface area contributed by atoms with E-state index in [0.29, 0.717) is 26.0 Å². The average molecular weight is 432 g/mol. The van der Waals surface area contributed by atoms with Crippen LogP contribution in [0.2, 0.25) is 0 Å². The Hall–Kier alpha value is -2.04. The van der Waals surface area contributed by atoms with Crippen molar-refractivity contribution in [1.82, 2.24) is 4.90 Å². The molecular formula is C26H41NO4. The molecule has 0 spiro atoms. The van der Waals surface area contributed by atoms with Crippen molar-refractivity contribution >= 4 is 12.1 Å². The number of piperidine rings is 1. The first-order valence-electron chi connectivity index (χ1n) is 11.5. The number of rotatable bonds is 4. The molecule has 0 aliphatic carbocycles. The van der Waals surface area contributed by atoms with E-state index in [0.717, 1.165) is 17.5 Å². The fourth-order valence-electron chi connectivity index (χ4n) is 5.12. The van der Waals surface area contributed by atoms with E-state index in [2.05, 4.69) is 52.8 Å². The Balaban J connectivity index is 2.65. The highest BCUT2D eigenvalue weighted by Crippen LogP contribution is 2.54. The maximum absolute atomic E-state index is 13.5. The summed E-state index contributed by atoms with van der Waals surface area (Å²) in [6.07, 6.45) is 1.53. The molecule has 1 aromatic rings. The standard InChI is InChI=1S/C26H41NO4/c1-10-30-21(28)16-20-14-15-27(23(29)31-25(7,8)9)26(17-20,24(4,5)6)22-18(2)12-11-13-19(22)3/h11-13,20H,10,14-17H2,1-9H3/t20?,26-/m1/s1. The van der Waals surface area contributed by atoms with Crippen LogP contribution in [0.15, 0.2) is 18.2 Å². The predicted molar refractivity (Wildman–Crippen MR) is 124 cm³/mol. The highest BCUT2D eigenvalue weighted by molar-refractivity contribution is 5.72. The number of amides is 1. The molecule has 2 atom stereocenters. The third-order valence-electron chi connectivity index (χ3n) is 6.32. The third kappa shape index (κ3) is 5.42. The fourth-order valence-corrected chi connectivity index (χ4v) is 5.12. The molecule has 1 unspecified atom stereocenters. The summed E-state index contributed by atoms with van der Waals surface area (Å²) in [7, 11) is 0. The number of likely N-dealkylation sites (tertiary alicyclic amines) is 1. The van der Waals surface area contributed by atoms with Gasteiger partial charge in [-0.25, -0.2) is 4.79 Å². The second kappa shape index (κ2) is 9.22. The average Bonchev–Trinajstić information content (AvgIpc) is 2.59. The topological polar surface area (TPSA) is 55.8 Å². The van der Waals surface area contributed by atoms with E-state index in [-0.39, 0.29) is 23.4 Å². The van der Waals surface area contributed by atoms with Gasteiger partial charge in [-0.05, 0) is 82.4 Å². The number of esters is 1. The van der Waals surface area contributed by atoms with E-state index in [1.165, 1.54) is 5.56 Å². The molecule has 1 aromatic carbocycles. The lowest BCUT2D eigenvalue weighted by Crippen LogP contribution is -2.62. The molecule has 174 valence electrons. The van der Waals surface area contributed by atoms with Crippen LogP contribution in [0.3, 0.4) is 0 Å². The Labute approximate surface area is 188 Å². The molecule has 2 rings (SSSR count). The van der Waals surface area contributed by atoms with Crippen LogP contribution in [0, 0.1) is 25.2 Å². The molecule has 1 saturated heterocycles. The smallest absolute Gasteiger partial charge is 0.411 e. The predicted octanol–water partition coefficient (Wildman–Crippen LogP) is 6.15. The lowest BCUT2D eigenvalue weighted by Gasteiger charge is -2.57. The normalized spacial score (nSPS) is 22.2. The Morgan fingerprint density at radius 3 is 2.16 bits per heavy atom. The zero-order valence-electron chi connectivity index (χ0n) is 20.9. The molecular weight excluding hydrogens is 390 g/mol. The van der Waals surface area contributed by atoms with Gasteiger partial charge in [-0.3, -0.25) is 9.69 Å². The number of benzene rings is 1. The van der Waals surface area contributed by atoms with Gasteiger partial charge in [-0.15, -0.1) is 0 Å². The monoisotopic (exact) mass is 431 g/mol. The molecule has 0 N–H and O–H groups in total. The fraction of sp³-hybridized carbons (Fsp3) is 0.692. The van der Waals surface area contributed by atoms with Crippen molar-refractivity contribution in [3.8, 4) is 0 Å². The Morgan fingerprint density at radius 1 is 1.10 bits per heavy atom. The number of hydrogen-bond acceptors (Lipinski definition) is 4. The molecule has 31 heavy (non-hydrogen) atoms. The molecule has 0 bridgehead atoms. The minimum Gasteiger partial charge on any atom is -0.466 e. The van der Waals surface area contributed by atoms with Gasteiger partial charge < -0.3 is 9.47 Å². The largest absolute Gasteiger partial charge is 0.466 e. The van der Waals surface area contributed by atoms with E-state index >= 15 is 0 Å². The Bertz CT molecular complexity index is 782. The molecule has 1 heterocycles. The van der Waals surface area contributed by atoms with Crippen LogP contribution in [0.4, 0.5) is 4.79 Å². The number of nitrogens with zero attached hydrogens (tertiary/aromatic N) is 1. The maximum atomic E-state index is 13.5. The summed E-state index contributed by atoms with van der Waals surface area (Å²) < 4.78 is 11.1. The van der Waals surface area contributed by atoms with Crippen molar-refractivity contribution in [3.63, 3.8) is 0 Å². The number of carbonyl (C=O) groups excluding carboxylic acids is 2. The van der Waals surface area contributed by atoms with Crippen LogP contribution < -0.4 is 0 Å². The van der Waals surface area contributed by atoms with Gasteiger partial charge in [0.2, 0.25) is 0 Å². The van der Waals surface area contributed by atoms with Crippen molar-refractivity contribution in [2.24, 2.45) is 11.3 Å². The maximum Gasteiger partial charge on any atom is 0.411 e. The van der Waals surface area contributed by atoms with Crippen LogP contribution in [0.1, 0.15) is 84.4 Å². The van der Waals surface area contributed by atoms with Crippen LogP contribution in [0.5, 0.6) is 0 Å². The minimum atomic E-state index is -0.597. The van der Waals surface area contributed by atoms with Gasteiger partial charge in [0.05, 0.1) is 12.1 Å². The van der Waals surface area contributed by atoms with Crippen LogP contribution in [0.25, 0.3) is 0 Å². The molecule has 0 radical (unpaired) electrons. The van der Waals surface area contributed by atoms with Gasteiger partial charge in [0, 0.05) is 13.0 Å². The van der Waals surface area contributed by atoms with Crippen molar-refractivity contribution in [2.75, 3.05) is 13.2 Å². The van der Waals surface area contributed by atoms with Crippen molar-refractivity contribution in [2.45, 2.75) is 92.7 Å². The summed E-state index contributed by atoms with van der Waals surface area (Å²) in [6.45, 7) is 19.2. The van der Waals surface area contributed by atoms with Crippen molar-refractivity contribution < 1.29 is 19.1 Å². The molecule has 1 fully saturated rings. The lowest BCUT2D eigenvalue weighted by atomic mass is 9.60. The first-order chi connectivity index (χ1) is 14.2. The van der Waals surface area contributed by atoms with Gasteiger partial charge in [0.25, 0.3) is 0 Å². The van der Waals surface area contributed by atoms with E-state index in [1.807, 2.05) is 32.6 Å². The van der Waals surface area contributed by atoms with E-state index < -0.39 is 11.1 Å². The summed E-state index contributed by atoms with van der Waals surface area (Å²) in [4.78, 5) is 27.8. The summed E-state index contributed by atoms with van der Waals surface area (Å²) in [5.74, 6) is -0.0292. The van der Waals surface area contributed by atoms with Crippen LogP contribution >= 0.6 is 0 Å². The Kier molecular flexibility index (Phi) is 7.50. The first-order valence-corrected chi connectivity index (χ1v) is 11.5. The summed E-state index contributed by atoms with van der Waals surface area (Å²) >= 11 is 0. The number of ether oxygens (including phenoxy) is 2. The molecule has 1 aliphatic heterocycles. The molecule has 0 saturated carbocycles. The zero-order valence-corrected chi connectivity index (χ0v) is 20.9. The van der Waals surface area contributed by atoms with E-state index in [4.69, 9.17) is 9.47 Å². The summed E-state index contributed by atoms with van der Waals surface area (Å²) in [5, 5.41) is 0. The van der Waals surface area contributed by atoms with E-state index in [1.54, 1.807) is 0 Å². The highest BCUT2D eigenvalue weighted by atomic mass is 16.6. The second-order valence-corrected chi connectivity index (χ2v) is 10.9. The highest BCUT2D eigenvalue weighted by Gasteiger charge is 2.55. The van der Waals surface area contributed by atoms with Crippen molar-refractivity contribution in [1.29, 1.82) is 0 Å². The second-order valence-electron chi connectivity index (χ2n) is 10.9. The number of hydrogen-bond donors (Lipinski definition) is 0. The first kappa shape index (κ1) is 25.2. The molecule has 5 heteroatoms. The summed E-state index contributed by atoms with van der Waals surface area (Å²) in [5.41, 5.74) is 2.01. The van der Waals surface area contributed by atoms with Gasteiger partial charge in [-0.1, -0.05) is 39.0 Å². The molecule has 0 aromatic heterocycles. The van der Waals surface area contributed by atoms with Gasteiger partial charge in [0.1, 0.15) is 5.60 Å². The number of carbonyl (C=O) groups is 2. The Morgan fingerprint density at radius 2 is 1.68 bits per heavy atom. The molecule has 5 nitrogen and oxygen atoms in total. The third-order valence-corrected chi connectivity index (χ3v) is 6.32. The number of aryl methyl sites for hydroxylation is 2. The van der Waals surface area contributed by atoms with Crippen molar-refractivity contribution in [3.05, 3.63) is 34.9 Å². The molecule has 1 aliphatic rings. The van der Waals surface area contributed by atoms with Gasteiger partial charge in [0.15, 0.2) is 0 Å². The van der Waals surface area contributed by atoms with Crippen LogP contribution in [-0.2, 0) is 19.8 Å². The van der Waals surface area contributed by atoms with Crippen LogP contribution in [-0.4, -0.2) is 35.7 Å². The van der Waals surface area contributed by atoms with Gasteiger partial charge in [-0.2, -0.15) is 0 Å². The summed E-state index contributed by atoms with van der Waals surface area (Å²) in [6, 6.07) is 6.28. The zero-order chi connectivity index (χ0) is 23.6.